The summed E-state index contributed by atoms with van der Waals surface area (Å²) in [5.41, 5.74) is 2.69. The molecule has 116 valence electrons. The second-order valence-electron chi connectivity index (χ2n) is 5.03. The molecule has 5 heteroatoms. The van der Waals surface area contributed by atoms with E-state index in [-0.39, 0.29) is 13.0 Å². The first kappa shape index (κ1) is 16.2. The zero-order valence-electron chi connectivity index (χ0n) is 12.7. The number of aryl methyl sites for hydroxylation is 1. The van der Waals surface area contributed by atoms with Gasteiger partial charge in [-0.15, -0.1) is 0 Å². The third kappa shape index (κ3) is 4.97. The van der Waals surface area contributed by atoms with Gasteiger partial charge >= 0.3 is 5.97 Å². The van der Waals surface area contributed by atoms with Gasteiger partial charge in [0.05, 0.1) is 17.7 Å². The van der Waals surface area contributed by atoms with Crippen molar-refractivity contribution in [2.45, 2.75) is 13.3 Å². The average molecular weight is 308 g/mol. The number of benzene rings is 2. The summed E-state index contributed by atoms with van der Waals surface area (Å²) < 4.78 is 4.95. The van der Waals surface area contributed by atoms with Crippen molar-refractivity contribution < 1.29 is 14.3 Å². The second-order valence-corrected chi connectivity index (χ2v) is 5.03. The van der Waals surface area contributed by atoms with Gasteiger partial charge in [-0.2, -0.15) is 5.26 Å². The van der Waals surface area contributed by atoms with Crippen molar-refractivity contribution in [3.05, 3.63) is 65.2 Å². The topological polar surface area (TPSA) is 79.2 Å². The van der Waals surface area contributed by atoms with Crippen molar-refractivity contribution in [3.63, 3.8) is 0 Å². The third-order valence-electron chi connectivity index (χ3n) is 3.15. The zero-order valence-corrected chi connectivity index (χ0v) is 12.7. The maximum absolute atomic E-state index is 11.8. The fourth-order valence-corrected chi connectivity index (χ4v) is 1.95. The number of anilines is 1. The molecule has 0 bridgehead atoms. The van der Waals surface area contributed by atoms with Crippen LogP contribution in [0.3, 0.4) is 0 Å². The van der Waals surface area contributed by atoms with Crippen LogP contribution in [0.1, 0.15) is 16.7 Å². The Morgan fingerprint density at radius 3 is 2.52 bits per heavy atom. The summed E-state index contributed by atoms with van der Waals surface area (Å²) in [6, 6.07) is 16.1. The first-order valence-electron chi connectivity index (χ1n) is 7.08. The molecule has 0 fully saturated rings. The number of nitrogens with zero attached hydrogens (tertiary/aromatic N) is 1. The van der Waals surface area contributed by atoms with Crippen LogP contribution in [0.15, 0.2) is 48.5 Å². The van der Waals surface area contributed by atoms with E-state index in [4.69, 9.17) is 10.00 Å². The number of carbonyl (C=O) groups is 2. The van der Waals surface area contributed by atoms with Gasteiger partial charge in [-0.05, 0) is 24.6 Å². The molecule has 0 saturated carbocycles. The minimum absolute atomic E-state index is 0.113. The summed E-state index contributed by atoms with van der Waals surface area (Å²) in [6.07, 6.45) is 0.113. The van der Waals surface area contributed by atoms with Crippen molar-refractivity contribution in [1.29, 1.82) is 5.26 Å². The summed E-state index contributed by atoms with van der Waals surface area (Å²) in [7, 11) is 0. The highest BCUT2D eigenvalue weighted by molar-refractivity contribution is 5.94. The fraction of sp³-hybridized carbons (Fsp3) is 0.167. The molecule has 0 unspecified atom stereocenters. The molecule has 0 aromatic heterocycles. The Labute approximate surface area is 134 Å². The summed E-state index contributed by atoms with van der Waals surface area (Å²) in [4.78, 5) is 23.5. The van der Waals surface area contributed by atoms with E-state index in [0.29, 0.717) is 11.3 Å². The van der Waals surface area contributed by atoms with E-state index >= 15 is 0 Å². The Balaban J connectivity index is 1.83. The first-order valence-corrected chi connectivity index (χ1v) is 7.08. The van der Waals surface area contributed by atoms with Gasteiger partial charge < -0.3 is 10.1 Å². The molecule has 0 heterocycles. The molecular weight excluding hydrogens is 292 g/mol. The summed E-state index contributed by atoms with van der Waals surface area (Å²) >= 11 is 0. The predicted octanol–water partition coefficient (Wildman–Crippen LogP) is 2.59. The van der Waals surface area contributed by atoms with Crippen LogP contribution in [-0.2, 0) is 20.7 Å². The van der Waals surface area contributed by atoms with E-state index in [1.54, 1.807) is 24.3 Å². The summed E-state index contributed by atoms with van der Waals surface area (Å²) in [5, 5.41) is 11.5. The van der Waals surface area contributed by atoms with Crippen molar-refractivity contribution >= 4 is 17.6 Å². The smallest absolute Gasteiger partial charge is 0.310 e. The van der Waals surface area contributed by atoms with Crippen molar-refractivity contribution in [3.8, 4) is 6.07 Å². The Bertz CT molecular complexity index is 746. The van der Waals surface area contributed by atoms with E-state index < -0.39 is 11.9 Å². The van der Waals surface area contributed by atoms with E-state index in [1.165, 1.54) is 0 Å². The van der Waals surface area contributed by atoms with E-state index in [1.807, 2.05) is 37.3 Å². The molecule has 5 nitrogen and oxygen atoms in total. The molecule has 1 N–H and O–H groups in total. The van der Waals surface area contributed by atoms with Gasteiger partial charge in [0.15, 0.2) is 6.61 Å². The quantitative estimate of drug-likeness (QED) is 0.861. The lowest BCUT2D eigenvalue weighted by Gasteiger charge is -2.08. The van der Waals surface area contributed by atoms with Crippen molar-refractivity contribution in [2.75, 3.05) is 11.9 Å². The number of rotatable bonds is 5. The number of hydrogen-bond acceptors (Lipinski definition) is 4. The van der Waals surface area contributed by atoms with E-state index in [9.17, 15) is 9.59 Å². The number of nitrogens with one attached hydrogen (secondary N) is 1. The Morgan fingerprint density at radius 2 is 1.83 bits per heavy atom. The zero-order chi connectivity index (χ0) is 16.7. The van der Waals surface area contributed by atoms with Crippen LogP contribution < -0.4 is 5.32 Å². The molecule has 23 heavy (non-hydrogen) atoms. The molecule has 2 aromatic rings. The summed E-state index contributed by atoms with van der Waals surface area (Å²) in [6.45, 7) is 1.58. The highest BCUT2D eigenvalue weighted by atomic mass is 16.5. The highest BCUT2D eigenvalue weighted by Crippen LogP contribution is 2.13. The number of esters is 1. The van der Waals surface area contributed by atoms with E-state index in [0.717, 1.165) is 11.1 Å². The Hall–Kier alpha value is -3.13. The molecular formula is C18H16N2O3. The van der Waals surface area contributed by atoms with Crippen LogP contribution in [0.25, 0.3) is 0 Å². The van der Waals surface area contributed by atoms with Crippen LogP contribution in [0, 0.1) is 18.3 Å². The van der Waals surface area contributed by atoms with Crippen LogP contribution in [0.5, 0.6) is 0 Å². The minimum Gasteiger partial charge on any atom is -0.455 e. The summed E-state index contributed by atoms with van der Waals surface area (Å²) in [5.74, 6) is -0.956. The van der Waals surface area contributed by atoms with Gasteiger partial charge in [-0.3, -0.25) is 9.59 Å². The maximum atomic E-state index is 11.8. The molecule has 0 aliphatic rings. The lowest BCUT2D eigenvalue weighted by Crippen LogP contribution is -2.22. The fourth-order valence-electron chi connectivity index (χ4n) is 1.95. The number of hydrogen-bond donors (Lipinski definition) is 1. The molecule has 0 aliphatic heterocycles. The van der Waals surface area contributed by atoms with Gasteiger partial charge in [-0.1, -0.05) is 42.0 Å². The van der Waals surface area contributed by atoms with E-state index in [2.05, 4.69) is 5.32 Å². The van der Waals surface area contributed by atoms with Gasteiger partial charge in [0, 0.05) is 0 Å². The second kappa shape index (κ2) is 7.76. The molecule has 1 amide bonds. The lowest BCUT2D eigenvalue weighted by atomic mass is 10.1. The third-order valence-corrected chi connectivity index (χ3v) is 3.15. The molecule has 0 aliphatic carbocycles. The largest absolute Gasteiger partial charge is 0.455 e. The van der Waals surface area contributed by atoms with Crippen molar-refractivity contribution in [1.82, 2.24) is 0 Å². The minimum atomic E-state index is -0.482. The molecule has 2 aromatic carbocycles. The van der Waals surface area contributed by atoms with Crippen LogP contribution in [0.2, 0.25) is 0 Å². The SMILES string of the molecule is Cc1ccc(CC(=O)OCC(=O)Nc2ccccc2C#N)cc1. The first-order chi connectivity index (χ1) is 11.1. The van der Waals surface area contributed by atoms with Crippen LogP contribution >= 0.6 is 0 Å². The maximum Gasteiger partial charge on any atom is 0.310 e. The van der Waals surface area contributed by atoms with Gasteiger partial charge in [0.25, 0.3) is 5.91 Å². The van der Waals surface area contributed by atoms with Gasteiger partial charge in [0.1, 0.15) is 6.07 Å². The average Bonchev–Trinajstić information content (AvgIpc) is 2.55. The normalized spacial score (nSPS) is 9.74. The standard InChI is InChI=1S/C18H16N2O3/c1-13-6-8-14(9-7-13)10-18(22)23-12-17(21)20-16-5-3-2-4-15(16)11-19/h2-9H,10,12H2,1H3,(H,20,21). The number of amides is 1. The molecule has 0 saturated heterocycles. The van der Waals surface area contributed by atoms with Gasteiger partial charge in [0.2, 0.25) is 0 Å². The predicted molar refractivity (Wildman–Crippen MR) is 85.6 cm³/mol. The lowest BCUT2D eigenvalue weighted by molar-refractivity contribution is -0.146. The van der Waals surface area contributed by atoms with Crippen LogP contribution in [0.4, 0.5) is 5.69 Å². The number of nitriles is 1. The molecule has 0 radical (unpaired) electrons. The molecule has 2 rings (SSSR count). The van der Waals surface area contributed by atoms with Crippen LogP contribution in [-0.4, -0.2) is 18.5 Å². The Kier molecular flexibility index (Phi) is 5.48. The highest BCUT2D eigenvalue weighted by Gasteiger charge is 2.10. The number of ether oxygens (including phenoxy) is 1. The monoisotopic (exact) mass is 308 g/mol. The van der Waals surface area contributed by atoms with Crippen molar-refractivity contribution in [2.24, 2.45) is 0 Å². The molecule has 0 spiro atoms. The number of para-hydroxylation sites is 1. The van der Waals surface area contributed by atoms with Gasteiger partial charge in [-0.25, -0.2) is 0 Å². The molecule has 0 atom stereocenters. The number of carbonyl (C=O) groups excluding carboxylic acids is 2. The Morgan fingerprint density at radius 1 is 1.13 bits per heavy atom.